The lowest BCUT2D eigenvalue weighted by Gasteiger charge is -2.36. The zero-order valence-corrected chi connectivity index (χ0v) is 19.0. The highest BCUT2D eigenvalue weighted by atomic mass is 16.5. The summed E-state index contributed by atoms with van der Waals surface area (Å²) < 4.78 is 5.61. The molecule has 2 amide bonds. The number of methoxy groups -OCH3 is 1. The van der Waals surface area contributed by atoms with Crippen molar-refractivity contribution in [1.29, 1.82) is 0 Å². The summed E-state index contributed by atoms with van der Waals surface area (Å²) in [6.45, 7) is 4.80. The van der Waals surface area contributed by atoms with Gasteiger partial charge in [-0.1, -0.05) is 42.5 Å². The number of hydrogen-bond donors (Lipinski definition) is 1. The van der Waals surface area contributed by atoms with Gasteiger partial charge in [0.25, 0.3) is 0 Å². The Morgan fingerprint density at radius 3 is 2.53 bits per heavy atom. The van der Waals surface area contributed by atoms with Gasteiger partial charge in [-0.2, -0.15) is 0 Å². The highest BCUT2D eigenvalue weighted by Gasteiger charge is 2.31. The molecule has 0 bridgehead atoms. The zero-order chi connectivity index (χ0) is 22.5. The summed E-state index contributed by atoms with van der Waals surface area (Å²) in [5.41, 5.74) is 3.42. The Morgan fingerprint density at radius 1 is 1.06 bits per heavy atom. The molecule has 0 spiro atoms. The van der Waals surface area contributed by atoms with Gasteiger partial charge in [-0.3, -0.25) is 14.5 Å². The van der Waals surface area contributed by atoms with E-state index in [2.05, 4.69) is 22.3 Å². The normalized spacial score (nSPS) is 19.3. The van der Waals surface area contributed by atoms with E-state index >= 15 is 0 Å². The van der Waals surface area contributed by atoms with Crippen LogP contribution in [0, 0.1) is 0 Å². The largest absolute Gasteiger partial charge is 0.496 e. The van der Waals surface area contributed by atoms with E-state index in [0.717, 1.165) is 36.4 Å². The Kier molecular flexibility index (Phi) is 7.10. The Bertz CT molecular complexity index is 955. The number of amides is 2. The zero-order valence-electron chi connectivity index (χ0n) is 19.0. The number of hydrogen-bond acceptors (Lipinski definition) is 4. The number of nitrogens with zero attached hydrogens (tertiary/aromatic N) is 2. The van der Waals surface area contributed by atoms with Crippen LogP contribution in [-0.2, 0) is 16.0 Å². The van der Waals surface area contributed by atoms with Gasteiger partial charge in [-0.05, 0) is 49.5 Å². The van der Waals surface area contributed by atoms with Crippen molar-refractivity contribution in [2.75, 3.05) is 33.3 Å². The van der Waals surface area contributed by atoms with Crippen molar-refractivity contribution in [2.45, 2.75) is 44.7 Å². The second kappa shape index (κ2) is 10.2. The van der Waals surface area contributed by atoms with Gasteiger partial charge in [-0.25, -0.2) is 0 Å². The Morgan fingerprint density at radius 2 is 1.78 bits per heavy atom. The molecular formula is C26H33N3O3. The van der Waals surface area contributed by atoms with Crippen LogP contribution in [0.25, 0.3) is 0 Å². The average molecular weight is 436 g/mol. The molecule has 2 aromatic rings. The molecule has 32 heavy (non-hydrogen) atoms. The summed E-state index contributed by atoms with van der Waals surface area (Å²) >= 11 is 0. The minimum absolute atomic E-state index is 0.0151. The van der Waals surface area contributed by atoms with Crippen molar-refractivity contribution in [2.24, 2.45) is 0 Å². The first-order valence-corrected chi connectivity index (χ1v) is 11.6. The smallest absolute Gasteiger partial charge is 0.222 e. The van der Waals surface area contributed by atoms with Crippen LogP contribution >= 0.6 is 0 Å². The van der Waals surface area contributed by atoms with E-state index < -0.39 is 0 Å². The van der Waals surface area contributed by atoms with Gasteiger partial charge in [0.05, 0.1) is 25.6 Å². The molecule has 6 nitrogen and oxygen atoms in total. The number of carbonyl (C=O) groups excluding carboxylic acids is 2. The molecule has 170 valence electrons. The summed E-state index contributed by atoms with van der Waals surface area (Å²) in [7, 11) is 1.69. The van der Waals surface area contributed by atoms with E-state index in [-0.39, 0.29) is 30.3 Å². The van der Waals surface area contributed by atoms with Crippen molar-refractivity contribution in [1.82, 2.24) is 15.1 Å². The quantitative estimate of drug-likeness (QED) is 0.723. The number of para-hydroxylation sites is 1. The van der Waals surface area contributed by atoms with Crippen molar-refractivity contribution in [3.63, 3.8) is 0 Å². The molecule has 2 unspecified atom stereocenters. The fourth-order valence-electron chi connectivity index (χ4n) is 5.14. The fraction of sp³-hybridized carbons (Fsp3) is 0.462. The number of nitrogens with one attached hydrogen (secondary N) is 1. The van der Waals surface area contributed by atoms with Crippen LogP contribution in [0.1, 0.15) is 55.0 Å². The lowest BCUT2D eigenvalue weighted by atomic mass is 9.90. The van der Waals surface area contributed by atoms with Gasteiger partial charge in [0.1, 0.15) is 5.75 Å². The predicted octanol–water partition coefficient (Wildman–Crippen LogP) is 3.48. The van der Waals surface area contributed by atoms with E-state index in [9.17, 15) is 9.59 Å². The molecule has 1 N–H and O–H groups in total. The van der Waals surface area contributed by atoms with Crippen LogP contribution in [0.5, 0.6) is 5.75 Å². The molecule has 1 saturated heterocycles. The molecule has 2 aliphatic heterocycles. The minimum atomic E-state index is -0.214. The summed E-state index contributed by atoms with van der Waals surface area (Å²) in [6, 6.07) is 16.1. The number of carbonyl (C=O) groups is 2. The first-order valence-electron chi connectivity index (χ1n) is 11.6. The molecule has 0 aliphatic carbocycles. The predicted molar refractivity (Wildman–Crippen MR) is 124 cm³/mol. The Balaban J connectivity index is 1.49. The van der Waals surface area contributed by atoms with Crippen LogP contribution in [0.15, 0.2) is 48.5 Å². The summed E-state index contributed by atoms with van der Waals surface area (Å²) in [5.74, 6) is 0.834. The fourth-order valence-corrected chi connectivity index (χ4v) is 5.14. The van der Waals surface area contributed by atoms with E-state index in [1.165, 1.54) is 18.4 Å². The Hall–Kier alpha value is -2.86. The molecule has 2 aliphatic rings. The lowest BCUT2D eigenvalue weighted by molar-refractivity contribution is -0.133. The van der Waals surface area contributed by atoms with Crippen molar-refractivity contribution >= 4 is 11.8 Å². The topological polar surface area (TPSA) is 61.9 Å². The first kappa shape index (κ1) is 22.3. The summed E-state index contributed by atoms with van der Waals surface area (Å²) in [6.07, 6.45) is 3.45. The maximum absolute atomic E-state index is 13.1. The third-order valence-electron chi connectivity index (χ3n) is 6.77. The molecule has 2 atom stereocenters. The molecule has 4 rings (SSSR count). The van der Waals surface area contributed by atoms with Crippen LogP contribution < -0.4 is 10.1 Å². The van der Waals surface area contributed by atoms with Gasteiger partial charge < -0.3 is 15.0 Å². The molecule has 0 saturated carbocycles. The summed E-state index contributed by atoms with van der Waals surface area (Å²) in [4.78, 5) is 29.6. The summed E-state index contributed by atoms with van der Waals surface area (Å²) in [5, 5.41) is 3.17. The van der Waals surface area contributed by atoms with Crippen LogP contribution in [0.2, 0.25) is 0 Å². The highest BCUT2D eigenvalue weighted by Crippen LogP contribution is 2.33. The number of ether oxygens (including phenoxy) is 1. The van der Waals surface area contributed by atoms with E-state index in [4.69, 9.17) is 4.74 Å². The maximum Gasteiger partial charge on any atom is 0.222 e. The number of fused-ring (bicyclic) bond motifs is 1. The molecule has 6 heteroatoms. The monoisotopic (exact) mass is 435 g/mol. The van der Waals surface area contributed by atoms with Crippen LogP contribution in [-0.4, -0.2) is 54.9 Å². The SMILES string of the molecule is COc1ccccc1C(CNC(=O)CC1c2ccccc2CCN1C(C)=O)N1CCCC1. The standard InChI is InChI=1S/C26H33N3O3/c1-19(30)29-16-13-20-9-3-4-10-21(20)23(29)17-26(31)27-18-24(28-14-7-8-15-28)22-11-5-6-12-25(22)32-2/h3-6,9-12,23-24H,7-8,13-18H2,1-2H3,(H,27,31). The van der Waals surface area contributed by atoms with E-state index in [0.29, 0.717) is 13.1 Å². The molecule has 1 fully saturated rings. The van der Waals surface area contributed by atoms with Crippen molar-refractivity contribution in [3.05, 3.63) is 65.2 Å². The van der Waals surface area contributed by atoms with Gasteiger partial charge >= 0.3 is 0 Å². The van der Waals surface area contributed by atoms with Gasteiger partial charge in [0.15, 0.2) is 0 Å². The highest BCUT2D eigenvalue weighted by molar-refractivity contribution is 5.79. The third-order valence-corrected chi connectivity index (χ3v) is 6.77. The van der Waals surface area contributed by atoms with Gasteiger partial charge in [0, 0.05) is 25.6 Å². The molecule has 0 aromatic heterocycles. The maximum atomic E-state index is 13.1. The Labute approximate surface area is 190 Å². The van der Waals surface area contributed by atoms with Crippen LogP contribution in [0.3, 0.4) is 0 Å². The third kappa shape index (κ3) is 4.80. The van der Waals surface area contributed by atoms with Gasteiger partial charge in [0.2, 0.25) is 11.8 Å². The minimum Gasteiger partial charge on any atom is -0.496 e. The van der Waals surface area contributed by atoms with Crippen molar-refractivity contribution in [3.8, 4) is 5.75 Å². The number of likely N-dealkylation sites (tertiary alicyclic amines) is 1. The second-order valence-electron chi connectivity index (χ2n) is 8.69. The molecule has 2 heterocycles. The number of rotatable bonds is 7. The molecular weight excluding hydrogens is 402 g/mol. The molecule has 0 radical (unpaired) electrons. The number of benzene rings is 2. The van der Waals surface area contributed by atoms with E-state index in [1.807, 2.05) is 41.3 Å². The van der Waals surface area contributed by atoms with Crippen molar-refractivity contribution < 1.29 is 14.3 Å². The molecule has 2 aromatic carbocycles. The lowest BCUT2D eigenvalue weighted by Crippen LogP contribution is -2.42. The first-order chi connectivity index (χ1) is 15.6. The van der Waals surface area contributed by atoms with Crippen LogP contribution in [0.4, 0.5) is 0 Å². The average Bonchev–Trinajstić information content (AvgIpc) is 3.34. The van der Waals surface area contributed by atoms with Gasteiger partial charge in [-0.15, -0.1) is 0 Å². The second-order valence-corrected chi connectivity index (χ2v) is 8.69. The van der Waals surface area contributed by atoms with E-state index in [1.54, 1.807) is 14.0 Å².